The molecular weight excluding hydrogens is 204 g/mol. The van der Waals surface area contributed by atoms with Gasteiger partial charge in [0.15, 0.2) is 0 Å². The molecule has 1 atom stereocenters. The molecule has 0 amide bonds. The van der Waals surface area contributed by atoms with Crippen LogP contribution in [0.2, 0.25) is 0 Å². The van der Waals surface area contributed by atoms with Crippen LogP contribution >= 0.6 is 0 Å². The molecule has 0 bridgehead atoms. The number of ether oxygens (including phenoxy) is 1. The molecule has 0 aliphatic heterocycles. The second kappa shape index (κ2) is 5.49. The van der Waals surface area contributed by atoms with Crippen LogP contribution in [0.5, 0.6) is 0 Å². The number of carbonyl (C=O) groups excluding carboxylic acids is 1. The third kappa shape index (κ3) is 3.22. The molecule has 4 heteroatoms. The highest BCUT2D eigenvalue weighted by Crippen LogP contribution is 2.13. The summed E-state index contributed by atoms with van der Waals surface area (Å²) in [4.78, 5) is 15.2. The van der Waals surface area contributed by atoms with Crippen molar-refractivity contribution in [3.05, 3.63) is 24.0 Å². The van der Waals surface area contributed by atoms with Crippen LogP contribution in [0.25, 0.3) is 0 Å². The standard InChI is InChI=1S/C12H18N2O2/c1-8(2)9(3)14-10-5-6-13-11(7-10)12(15)16-4/h5-9H,1-4H3,(H,13,14). The molecular formula is C12H18N2O2. The number of anilines is 1. The number of nitrogens with one attached hydrogen (secondary N) is 1. The molecule has 0 aromatic carbocycles. The summed E-state index contributed by atoms with van der Waals surface area (Å²) in [7, 11) is 1.35. The zero-order valence-corrected chi connectivity index (χ0v) is 10.2. The van der Waals surface area contributed by atoms with Gasteiger partial charge in [-0.3, -0.25) is 0 Å². The van der Waals surface area contributed by atoms with Gasteiger partial charge in [-0.2, -0.15) is 0 Å². The van der Waals surface area contributed by atoms with Crippen LogP contribution in [-0.2, 0) is 4.74 Å². The van der Waals surface area contributed by atoms with E-state index in [1.807, 2.05) is 6.07 Å². The number of methoxy groups -OCH3 is 1. The lowest BCUT2D eigenvalue weighted by molar-refractivity contribution is 0.0594. The summed E-state index contributed by atoms with van der Waals surface area (Å²) in [5.74, 6) is 0.107. The fourth-order valence-corrected chi connectivity index (χ4v) is 1.17. The molecule has 0 fully saturated rings. The Hall–Kier alpha value is -1.58. The molecule has 0 saturated heterocycles. The Morgan fingerprint density at radius 2 is 2.12 bits per heavy atom. The number of pyridine rings is 1. The Balaban J connectivity index is 2.78. The molecule has 1 aromatic rings. The van der Waals surface area contributed by atoms with Gasteiger partial charge in [-0.1, -0.05) is 13.8 Å². The van der Waals surface area contributed by atoms with E-state index in [0.717, 1.165) is 5.69 Å². The maximum Gasteiger partial charge on any atom is 0.356 e. The van der Waals surface area contributed by atoms with E-state index in [2.05, 4.69) is 35.8 Å². The molecule has 88 valence electrons. The quantitative estimate of drug-likeness (QED) is 0.794. The topological polar surface area (TPSA) is 51.2 Å². The smallest absolute Gasteiger partial charge is 0.356 e. The van der Waals surface area contributed by atoms with Crippen molar-refractivity contribution >= 4 is 11.7 Å². The number of esters is 1. The summed E-state index contributed by atoms with van der Waals surface area (Å²) < 4.78 is 4.61. The van der Waals surface area contributed by atoms with Gasteiger partial charge in [-0.05, 0) is 25.0 Å². The monoisotopic (exact) mass is 222 g/mol. The highest BCUT2D eigenvalue weighted by Gasteiger charge is 2.10. The summed E-state index contributed by atoms with van der Waals surface area (Å²) in [6.45, 7) is 6.38. The van der Waals surface area contributed by atoms with Gasteiger partial charge in [0, 0.05) is 17.9 Å². The highest BCUT2D eigenvalue weighted by atomic mass is 16.5. The van der Waals surface area contributed by atoms with Crippen LogP contribution in [-0.4, -0.2) is 24.1 Å². The third-order valence-electron chi connectivity index (χ3n) is 2.55. The number of nitrogens with zero attached hydrogens (tertiary/aromatic N) is 1. The van der Waals surface area contributed by atoms with E-state index in [1.54, 1.807) is 12.3 Å². The second-order valence-corrected chi connectivity index (χ2v) is 4.10. The van der Waals surface area contributed by atoms with Crippen molar-refractivity contribution in [2.45, 2.75) is 26.8 Å². The number of rotatable bonds is 4. The predicted octanol–water partition coefficient (Wildman–Crippen LogP) is 2.32. The highest BCUT2D eigenvalue weighted by molar-refractivity contribution is 5.88. The SMILES string of the molecule is COC(=O)c1cc(NC(C)C(C)C)ccn1. The number of hydrogen-bond acceptors (Lipinski definition) is 4. The lowest BCUT2D eigenvalue weighted by Gasteiger charge is -2.18. The summed E-state index contributed by atoms with van der Waals surface area (Å²) in [6, 6.07) is 3.88. The average Bonchev–Trinajstić information content (AvgIpc) is 2.28. The Morgan fingerprint density at radius 3 is 2.69 bits per heavy atom. The van der Waals surface area contributed by atoms with E-state index >= 15 is 0 Å². The molecule has 1 rings (SSSR count). The molecule has 1 unspecified atom stereocenters. The molecule has 0 spiro atoms. The van der Waals surface area contributed by atoms with Gasteiger partial charge in [0.1, 0.15) is 5.69 Å². The summed E-state index contributed by atoms with van der Waals surface area (Å²) in [5, 5.41) is 3.31. The van der Waals surface area contributed by atoms with Crippen molar-refractivity contribution in [3.63, 3.8) is 0 Å². The molecule has 1 heterocycles. The predicted molar refractivity (Wildman–Crippen MR) is 63.5 cm³/mol. The number of aromatic nitrogens is 1. The van der Waals surface area contributed by atoms with Crippen LogP contribution < -0.4 is 5.32 Å². The van der Waals surface area contributed by atoms with E-state index in [0.29, 0.717) is 17.7 Å². The largest absolute Gasteiger partial charge is 0.464 e. The van der Waals surface area contributed by atoms with Crippen LogP contribution in [0.15, 0.2) is 18.3 Å². The zero-order chi connectivity index (χ0) is 12.1. The summed E-state index contributed by atoms with van der Waals surface area (Å²) in [6.07, 6.45) is 1.60. The van der Waals surface area contributed by atoms with Crippen molar-refractivity contribution in [1.82, 2.24) is 4.98 Å². The maximum absolute atomic E-state index is 11.3. The van der Waals surface area contributed by atoms with Gasteiger partial charge < -0.3 is 10.1 Å². The lowest BCUT2D eigenvalue weighted by atomic mass is 10.1. The van der Waals surface area contributed by atoms with Gasteiger partial charge >= 0.3 is 5.97 Å². The Morgan fingerprint density at radius 1 is 1.44 bits per heavy atom. The van der Waals surface area contributed by atoms with Gasteiger partial charge in [-0.15, -0.1) is 0 Å². The molecule has 16 heavy (non-hydrogen) atoms. The average molecular weight is 222 g/mol. The minimum absolute atomic E-state index is 0.323. The molecule has 4 nitrogen and oxygen atoms in total. The van der Waals surface area contributed by atoms with Gasteiger partial charge in [0.2, 0.25) is 0 Å². The molecule has 0 aliphatic carbocycles. The molecule has 1 aromatic heterocycles. The fraction of sp³-hybridized carbons (Fsp3) is 0.500. The Labute approximate surface area is 96.0 Å². The molecule has 0 radical (unpaired) electrons. The molecule has 0 saturated carbocycles. The maximum atomic E-state index is 11.3. The van der Waals surface area contributed by atoms with Crippen LogP contribution in [0.1, 0.15) is 31.3 Å². The van der Waals surface area contributed by atoms with Crippen molar-refractivity contribution in [2.75, 3.05) is 12.4 Å². The van der Waals surface area contributed by atoms with Crippen LogP contribution in [0, 0.1) is 5.92 Å². The first-order valence-corrected chi connectivity index (χ1v) is 5.35. The summed E-state index contributed by atoms with van der Waals surface area (Å²) in [5.41, 5.74) is 1.21. The Bertz CT molecular complexity index is 364. The normalized spacial score (nSPS) is 12.3. The van der Waals surface area contributed by atoms with Crippen molar-refractivity contribution in [2.24, 2.45) is 5.92 Å². The number of hydrogen-bond donors (Lipinski definition) is 1. The summed E-state index contributed by atoms with van der Waals surface area (Å²) >= 11 is 0. The molecule has 0 aliphatic rings. The minimum Gasteiger partial charge on any atom is -0.464 e. The van der Waals surface area contributed by atoms with E-state index in [9.17, 15) is 4.79 Å². The number of carbonyl (C=O) groups is 1. The van der Waals surface area contributed by atoms with Crippen LogP contribution in [0.4, 0.5) is 5.69 Å². The Kier molecular flexibility index (Phi) is 4.28. The van der Waals surface area contributed by atoms with Crippen molar-refractivity contribution in [1.29, 1.82) is 0 Å². The second-order valence-electron chi connectivity index (χ2n) is 4.10. The van der Waals surface area contributed by atoms with Gasteiger partial charge in [0.05, 0.1) is 7.11 Å². The zero-order valence-electron chi connectivity index (χ0n) is 10.2. The first-order valence-electron chi connectivity index (χ1n) is 5.35. The van der Waals surface area contributed by atoms with E-state index in [1.165, 1.54) is 7.11 Å². The lowest BCUT2D eigenvalue weighted by Crippen LogP contribution is -2.21. The van der Waals surface area contributed by atoms with Crippen LogP contribution in [0.3, 0.4) is 0 Å². The fourth-order valence-electron chi connectivity index (χ4n) is 1.17. The van der Waals surface area contributed by atoms with Gasteiger partial charge in [-0.25, -0.2) is 9.78 Å². The third-order valence-corrected chi connectivity index (χ3v) is 2.55. The van der Waals surface area contributed by atoms with E-state index < -0.39 is 5.97 Å². The van der Waals surface area contributed by atoms with E-state index in [-0.39, 0.29) is 0 Å². The molecule has 1 N–H and O–H groups in total. The van der Waals surface area contributed by atoms with E-state index in [4.69, 9.17) is 0 Å². The van der Waals surface area contributed by atoms with Gasteiger partial charge in [0.25, 0.3) is 0 Å². The first kappa shape index (κ1) is 12.5. The van der Waals surface area contributed by atoms with Crippen molar-refractivity contribution in [3.8, 4) is 0 Å². The van der Waals surface area contributed by atoms with Crippen molar-refractivity contribution < 1.29 is 9.53 Å². The minimum atomic E-state index is -0.416. The first-order chi connectivity index (χ1) is 7.54.